The maximum Gasteiger partial charge on any atom is 0.335 e. The Balaban J connectivity index is 1.58. The average molecular weight is 506 g/mol. The summed E-state index contributed by atoms with van der Waals surface area (Å²) < 4.78 is 10.7. The number of nitrogens with zero attached hydrogens (tertiary/aromatic N) is 1. The molecule has 36 heavy (non-hydrogen) atoms. The van der Waals surface area contributed by atoms with E-state index in [0.717, 1.165) is 4.90 Å². The number of imide groups is 2. The predicted molar refractivity (Wildman–Crippen MR) is 134 cm³/mol. The van der Waals surface area contributed by atoms with Crippen molar-refractivity contribution < 1.29 is 28.7 Å². The van der Waals surface area contributed by atoms with Gasteiger partial charge >= 0.3 is 6.03 Å². The Labute approximate surface area is 211 Å². The summed E-state index contributed by atoms with van der Waals surface area (Å²) in [5, 5.41) is 5.17. The largest absolute Gasteiger partial charge is 0.497 e. The molecular formula is C26H20ClN3O6. The number of hydrogen-bond donors (Lipinski definition) is 2. The minimum atomic E-state index is -0.882. The Bertz CT molecular complexity index is 1360. The Morgan fingerprint density at radius 2 is 1.75 bits per heavy atom. The summed E-state index contributed by atoms with van der Waals surface area (Å²) in [6.45, 7) is -0.330. The molecule has 3 aromatic rings. The third kappa shape index (κ3) is 5.53. The second-order valence-corrected chi connectivity index (χ2v) is 7.98. The van der Waals surface area contributed by atoms with Gasteiger partial charge in [0.2, 0.25) is 0 Å². The number of halogens is 1. The molecule has 9 nitrogen and oxygen atoms in total. The first-order chi connectivity index (χ1) is 17.4. The van der Waals surface area contributed by atoms with Gasteiger partial charge in [-0.2, -0.15) is 0 Å². The van der Waals surface area contributed by atoms with Gasteiger partial charge in [0.15, 0.2) is 6.61 Å². The van der Waals surface area contributed by atoms with Crippen molar-refractivity contribution in [3.8, 4) is 11.5 Å². The molecule has 1 saturated heterocycles. The number of methoxy groups -OCH3 is 1. The van der Waals surface area contributed by atoms with Crippen LogP contribution >= 0.6 is 11.6 Å². The molecule has 4 rings (SSSR count). The lowest BCUT2D eigenvalue weighted by molar-refractivity contribution is -0.122. The number of carbonyl (C=O) groups is 4. The van der Waals surface area contributed by atoms with Crippen LogP contribution in [0.25, 0.3) is 6.08 Å². The molecule has 0 spiro atoms. The number of amides is 5. The summed E-state index contributed by atoms with van der Waals surface area (Å²) in [6, 6.07) is 18.7. The molecule has 0 radical (unpaired) electrons. The van der Waals surface area contributed by atoms with Crippen LogP contribution in [0, 0.1) is 0 Å². The lowest BCUT2D eigenvalue weighted by atomic mass is 10.1. The van der Waals surface area contributed by atoms with Gasteiger partial charge in [-0.25, -0.2) is 9.69 Å². The van der Waals surface area contributed by atoms with Crippen molar-refractivity contribution in [2.45, 2.75) is 0 Å². The monoisotopic (exact) mass is 505 g/mol. The van der Waals surface area contributed by atoms with Crippen LogP contribution in [0.5, 0.6) is 11.5 Å². The first kappa shape index (κ1) is 24.5. The van der Waals surface area contributed by atoms with E-state index < -0.39 is 23.8 Å². The fourth-order valence-electron chi connectivity index (χ4n) is 3.40. The van der Waals surface area contributed by atoms with E-state index in [1.807, 2.05) is 6.07 Å². The van der Waals surface area contributed by atoms with Gasteiger partial charge in [0.1, 0.15) is 17.1 Å². The van der Waals surface area contributed by atoms with Gasteiger partial charge in [-0.1, -0.05) is 29.8 Å². The Kier molecular flexibility index (Phi) is 7.31. The fraction of sp³-hybridized carbons (Fsp3) is 0.0769. The fourth-order valence-corrected chi connectivity index (χ4v) is 3.58. The van der Waals surface area contributed by atoms with Crippen molar-refractivity contribution in [2.75, 3.05) is 23.9 Å². The molecule has 0 atom stereocenters. The van der Waals surface area contributed by atoms with Gasteiger partial charge in [-0.05, 0) is 60.7 Å². The topological polar surface area (TPSA) is 114 Å². The Hall–Kier alpha value is -4.63. The van der Waals surface area contributed by atoms with Crippen LogP contribution < -0.4 is 25.0 Å². The van der Waals surface area contributed by atoms with Crippen molar-refractivity contribution in [1.29, 1.82) is 0 Å². The zero-order valence-corrected chi connectivity index (χ0v) is 19.7. The van der Waals surface area contributed by atoms with Crippen LogP contribution in [0.4, 0.5) is 16.2 Å². The summed E-state index contributed by atoms with van der Waals surface area (Å²) in [6.07, 6.45) is 1.26. The number of rotatable bonds is 7. The minimum Gasteiger partial charge on any atom is -0.497 e. The Morgan fingerprint density at radius 1 is 1.03 bits per heavy atom. The molecule has 2 N–H and O–H groups in total. The van der Waals surface area contributed by atoms with E-state index in [4.69, 9.17) is 21.1 Å². The highest BCUT2D eigenvalue weighted by molar-refractivity contribution is 6.39. The van der Waals surface area contributed by atoms with Gasteiger partial charge in [0.05, 0.1) is 12.8 Å². The van der Waals surface area contributed by atoms with Crippen molar-refractivity contribution in [3.63, 3.8) is 0 Å². The zero-order chi connectivity index (χ0) is 25.7. The van der Waals surface area contributed by atoms with Gasteiger partial charge in [-0.15, -0.1) is 0 Å². The number of carbonyl (C=O) groups excluding carboxylic acids is 4. The predicted octanol–water partition coefficient (Wildman–Crippen LogP) is 4.03. The molecule has 3 aromatic carbocycles. The van der Waals surface area contributed by atoms with E-state index >= 15 is 0 Å². The normalized spacial score (nSPS) is 14.4. The highest BCUT2D eigenvalue weighted by Crippen LogP contribution is 2.28. The summed E-state index contributed by atoms with van der Waals surface area (Å²) in [4.78, 5) is 51.3. The number of para-hydroxylation sites is 1. The number of ether oxygens (including phenoxy) is 2. The van der Waals surface area contributed by atoms with Crippen molar-refractivity contribution in [2.24, 2.45) is 0 Å². The van der Waals surface area contributed by atoms with Crippen LogP contribution in [0.2, 0.25) is 5.02 Å². The number of anilines is 2. The standard InChI is InChI=1S/C26H20ClN3O6/c1-35-20-10-8-19(9-11-20)30-25(33)21(24(32)29-26(30)34)14-16-13-17(27)7-12-22(16)36-15-23(31)28-18-5-3-2-4-6-18/h2-14H,15H2,1H3,(H,28,31)(H,29,32,34)/b21-14+. The number of nitrogens with one attached hydrogen (secondary N) is 2. The molecule has 5 amide bonds. The SMILES string of the molecule is COc1ccc(N2C(=O)NC(=O)/C(=C\c3cc(Cl)ccc3OCC(=O)Nc3ccccc3)C2=O)cc1. The van der Waals surface area contributed by atoms with Crippen LogP contribution in [-0.2, 0) is 14.4 Å². The number of benzene rings is 3. The van der Waals surface area contributed by atoms with Crippen LogP contribution in [-0.4, -0.2) is 37.5 Å². The van der Waals surface area contributed by atoms with Crippen molar-refractivity contribution in [1.82, 2.24) is 5.32 Å². The summed E-state index contributed by atoms with van der Waals surface area (Å²) in [7, 11) is 1.49. The quantitative estimate of drug-likeness (QED) is 0.370. The minimum absolute atomic E-state index is 0.212. The lowest BCUT2D eigenvalue weighted by Gasteiger charge is -2.26. The Morgan fingerprint density at radius 3 is 2.44 bits per heavy atom. The maximum absolute atomic E-state index is 13.2. The van der Waals surface area contributed by atoms with E-state index in [0.29, 0.717) is 16.5 Å². The van der Waals surface area contributed by atoms with Gasteiger partial charge in [-0.3, -0.25) is 19.7 Å². The third-order valence-electron chi connectivity index (χ3n) is 5.12. The summed E-state index contributed by atoms with van der Waals surface area (Å²) in [5.74, 6) is -1.36. The summed E-state index contributed by atoms with van der Waals surface area (Å²) in [5.41, 5.74) is 0.818. The van der Waals surface area contributed by atoms with Crippen LogP contribution in [0.15, 0.2) is 78.4 Å². The molecule has 1 heterocycles. The molecule has 0 bridgehead atoms. The van der Waals surface area contributed by atoms with Gasteiger partial charge < -0.3 is 14.8 Å². The van der Waals surface area contributed by atoms with E-state index in [9.17, 15) is 19.2 Å². The maximum atomic E-state index is 13.2. The summed E-state index contributed by atoms with van der Waals surface area (Å²) >= 11 is 6.13. The molecule has 1 aliphatic rings. The molecule has 0 unspecified atom stereocenters. The van der Waals surface area contributed by atoms with Crippen LogP contribution in [0.3, 0.4) is 0 Å². The molecule has 0 aromatic heterocycles. The number of barbiturate groups is 1. The third-order valence-corrected chi connectivity index (χ3v) is 5.36. The molecule has 1 aliphatic heterocycles. The molecule has 1 fully saturated rings. The second-order valence-electron chi connectivity index (χ2n) is 7.54. The first-order valence-corrected chi connectivity index (χ1v) is 11.1. The second kappa shape index (κ2) is 10.7. The molecule has 0 aliphatic carbocycles. The van der Waals surface area contributed by atoms with E-state index in [1.54, 1.807) is 42.5 Å². The average Bonchev–Trinajstić information content (AvgIpc) is 2.87. The molecule has 10 heteroatoms. The lowest BCUT2D eigenvalue weighted by Crippen LogP contribution is -2.54. The van der Waals surface area contributed by atoms with Crippen molar-refractivity contribution in [3.05, 3.63) is 89.0 Å². The van der Waals surface area contributed by atoms with Gasteiger partial charge in [0.25, 0.3) is 17.7 Å². The number of hydrogen-bond acceptors (Lipinski definition) is 6. The van der Waals surface area contributed by atoms with E-state index in [2.05, 4.69) is 10.6 Å². The van der Waals surface area contributed by atoms with E-state index in [-0.39, 0.29) is 29.2 Å². The highest BCUT2D eigenvalue weighted by Gasteiger charge is 2.37. The molecule has 0 saturated carbocycles. The zero-order valence-electron chi connectivity index (χ0n) is 19.0. The van der Waals surface area contributed by atoms with Crippen molar-refractivity contribution >= 4 is 52.8 Å². The number of urea groups is 1. The first-order valence-electron chi connectivity index (χ1n) is 10.7. The molecular weight excluding hydrogens is 486 g/mol. The van der Waals surface area contributed by atoms with Gasteiger partial charge in [0, 0.05) is 16.3 Å². The molecule has 182 valence electrons. The van der Waals surface area contributed by atoms with Crippen LogP contribution in [0.1, 0.15) is 5.56 Å². The van der Waals surface area contributed by atoms with E-state index in [1.165, 1.54) is 37.5 Å². The highest BCUT2D eigenvalue weighted by atomic mass is 35.5. The smallest absolute Gasteiger partial charge is 0.335 e.